The molecule has 1 aliphatic heterocycles. The van der Waals surface area contributed by atoms with Crippen LogP contribution in [-0.2, 0) is 9.53 Å². The van der Waals surface area contributed by atoms with Crippen molar-refractivity contribution in [1.82, 2.24) is 10.2 Å². The summed E-state index contributed by atoms with van der Waals surface area (Å²) in [5.41, 5.74) is 0. The van der Waals surface area contributed by atoms with Crippen LogP contribution in [0.25, 0.3) is 0 Å². The normalized spacial score (nSPS) is 17.4. The summed E-state index contributed by atoms with van der Waals surface area (Å²) in [6.07, 6.45) is 4.47. The molecular weight excluding hydrogens is 216 g/mol. The largest absolute Gasteiger partial charge is 0.380 e. The summed E-state index contributed by atoms with van der Waals surface area (Å²) in [6.45, 7) is 8.20. The van der Waals surface area contributed by atoms with Crippen LogP contribution in [0.5, 0.6) is 0 Å². The van der Waals surface area contributed by atoms with Crippen LogP contribution < -0.4 is 5.32 Å². The Morgan fingerprint density at radius 2 is 2.06 bits per heavy atom. The van der Waals surface area contributed by atoms with Gasteiger partial charge in [0.1, 0.15) is 0 Å². The van der Waals surface area contributed by atoms with Crippen molar-refractivity contribution in [3.8, 4) is 0 Å². The summed E-state index contributed by atoms with van der Waals surface area (Å²) in [5.74, 6) is 0.200. The average Bonchev–Trinajstić information content (AvgIpc) is 2.34. The molecule has 1 aliphatic rings. The van der Waals surface area contributed by atoms with Gasteiger partial charge in [-0.1, -0.05) is 13.3 Å². The Morgan fingerprint density at radius 3 is 2.65 bits per heavy atom. The molecule has 1 heterocycles. The molecule has 1 rings (SSSR count). The number of ether oxygens (including phenoxy) is 1. The zero-order valence-electron chi connectivity index (χ0n) is 11.2. The number of rotatable bonds is 7. The van der Waals surface area contributed by atoms with Gasteiger partial charge in [0.05, 0.1) is 6.61 Å². The molecule has 4 nitrogen and oxygen atoms in total. The fraction of sp³-hybridized carbons (Fsp3) is 0.923. The highest BCUT2D eigenvalue weighted by atomic mass is 16.5. The maximum absolute atomic E-state index is 11.2. The summed E-state index contributed by atoms with van der Waals surface area (Å²) in [6, 6.07) is 0.556. The predicted molar refractivity (Wildman–Crippen MR) is 69.0 cm³/mol. The molecule has 0 aliphatic carbocycles. The van der Waals surface area contributed by atoms with Gasteiger partial charge in [0.15, 0.2) is 0 Å². The summed E-state index contributed by atoms with van der Waals surface area (Å²) in [5, 5.41) is 3.50. The van der Waals surface area contributed by atoms with Crippen LogP contribution in [0.3, 0.4) is 0 Å². The van der Waals surface area contributed by atoms with Crippen molar-refractivity contribution in [3.05, 3.63) is 0 Å². The summed E-state index contributed by atoms with van der Waals surface area (Å²) in [7, 11) is 0. The summed E-state index contributed by atoms with van der Waals surface area (Å²) in [4.78, 5) is 13.1. The maximum Gasteiger partial charge on any atom is 0.219 e. The van der Waals surface area contributed by atoms with Gasteiger partial charge in [0.25, 0.3) is 0 Å². The minimum Gasteiger partial charge on any atom is -0.380 e. The molecule has 1 saturated heterocycles. The van der Waals surface area contributed by atoms with Crippen LogP contribution in [0.1, 0.15) is 39.5 Å². The van der Waals surface area contributed by atoms with Crippen LogP contribution in [-0.4, -0.2) is 49.7 Å². The molecule has 100 valence electrons. The van der Waals surface area contributed by atoms with Crippen molar-refractivity contribution < 1.29 is 9.53 Å². The van der Waals surface area contributed by atoms with Gasteiger partial charge in [-0.15, -0.1) is 0 Å². The second kappa shape index (κ2) is 8.48. The van der Waals surface area contributed by atoms with Crippen LogP contribution in [0.2, 0.25) is 0 Å². The number of nitrogens with one attached hydrogen (secondary N) is 1. The first-order valence-electron chi connectivity index (χ1n) is 6.80. The molecule has 0 atom stereocenters. The Balaban J connectivity index is 1.97. The summed E-state index contributed by atoms with van der Waals surface area (Å²) >= 11 is 0. The molecule has 0 bridgehead atoms. The fourth-order valence-corrected chi connectivity index (χ4v) is 2.08. The third kappa shape index (κ3) is 6.03. The zero-order chi connectivity index (χ0) is 12.5. The number of carbonyl (C=O) groups is 1. The molecule has 1 N–H and O–H groups in total. The molecule has 0 saturated carbocycles. The van der Waals surface area contributed by atoms with E-state index in [0.29, 0.717) is 6.04 Å². The van der Waals surface area contributed by atoms with Crippen LogP contribution in [0.15, 0.2) is 0 Å². The predicted octanol–water partition coefficient (Wildman–Crippen LogP) is 1.40. The van der Waals surface area contributed by atoms with Gasteiger partial charge < -0.3 is 15.0 Å². The first-order chi connectivity index (χ1) is 8.24. The lowest BCUT2D eigenvalue weighted by Gasteiger charge is -2.31. The van der Waals surface area contributed by atoms with Gasteiger partial charge >= 0.3 is 0 Å². The number of likely N-dealkylation sites (tertiary alicyclic amines) is 1. The van der Waals surface area contributed by atoms with Crippen molar-refractivity contribution in [2.24, 2.45) is 0 Å². The molecule has 1 fully saturated rings. The van der Waals surface area contributed by atoms with E-state index in [2.05, 4.69) is 12.2 Å². The molecule has 17 heavy (non-hydrogen) atoms. The van der Waals surface area contributed by atoms with Gasteiger partial charge in [0.2, 0.25) is 5.91 Å². The van der Waals surface area contributed by atoms with Crippen LogP contribution in [0, 0.1) is 0 Å². The lowest BCUT2D eigenvalue weighted by atomic mass is 10.1. The molecule has 0 radical (unpaired) electrons. The molecule has 0 spiro atoms. The third-order valence-corrected chi connectivity index (χ3v) is 3.26. The first kappa shape index (κ1) is 14.5. The third-order valence-electron chi connectivity index (χ3n) is 3.26. The second-order valence-electron chi connectivity index (χ2n) is 4.70. The molecular formula is C13H26N2O2. The van der Waals surface area contributed by atoms with Gasteiger partial charge in [-0.05, 0) is 19.3 Å². The second-order valence-corrected chi connectivity index (χ2v) is 4.70. The van der Waals surface area contributed by atoms with Gasteiger partial charge in [-0.25, -0.2) is 0 Å². The van der Waals surface area contributed by atoms with Crippen molar-refractivity contribution in [3.63, 3.8) is 0 Å². The standard InChI is InChI=1S/C13H26N2O2/c1-3-4-10-17-11-7-14-13-5-8-15(9-6-13)12(2)16/h13-14H,3-11H2,1-2H3. The summed E-state index contributed by atoms with van der Waals surface area (Å²) < 4.78 is 5.50. The van der Waals surface area contributed by atoms with Gasteiger partial charge in [-0.2, -0.15) is 0 Å². The van der Waals surface area contributed by atoms with Gasteiger partial charge in [-0.3, -0.25) is 4.79 Å². The Hall–Kier alpha value is -0.610. The van der Waals surface area contributed by atoms with Crippen molar-refractivity contribution in [2.75, 3.05) is 32.8 Å². The first-order valence-corrected chi connectivity index (χ1v) is 6.80. The lowest BCUT2D eigenvalue weighted by molar-refractivity contribution is -0.129. The van der Waals surface area contributed by atoms with E-state index < -0.39 is 0 Å². The SMILES string of the molecule is CCCCOCCNC1CCN(C(C)=O)CC1. The highest BCUT2D eigenvalue weighted by Gasteiger charge is 2.19. The topological polar surface area (TPSA) is 41.6 Å². The number of unbranched alkanes of at least 4 members (excludes halogenated alkanes) is 1. The number of hydrogen-bond acceptors (Lipinski definition) is 3. The smallest absolute Gasteiger partial charge is 0.219 e. The molecule has 0 aromatic carbocycles. The van der Waals surface area contributed by atoms with E-state index in [1.807, 2.05) is 4.90 Å². The van der Waals surface area contributed by atoms with E-state index in [1.54, 1.807) is 6.92 Å². The highest BCUT2D eigenvalue weighted by Crippen LogP contribution is 2.09. The van der Waals surface area contributed by atoms with Crippen molar-refractivity contribution in [1.29, 1.82) is 0 Å². The van der Waals surface area contributed by atoms with Crippen molar-refractivity contribution in [2.45, 2.75) is 45.6 Å². The molecule has 4 heteroatoms. The fourth-order valence-electron chi connectivity index (χ4n) is 2.08. The van der Waals surface area contributed by atoms with Crippen LogP contribution >= 0.6 is 0 Å². The van der Waals surface area contributed by atoms with Crippen LogP contribution in [0.4, 0.5) is 0 Å². The maximum atomic E-state index is 11.2. The zero-order valence-corrected chi connectivity index (χ0v) is 11.2. The number of hydrogen-bond donors (Lipinski definition) is 1. The molecule has 0 aromatic rings. The van der Waals surface area contributed by atoms with Crippen molar-refractivity contribution >= 4 is 5.91 Å². The highest BCUT2D eigenvalue weighted by molar-refractivity contribution is 5.73. The van der Waals surface area contributed by atoms with E-state index >= 15 is 0 Å². The Bertz CT molecular complexity index is 213. The minimum atomic E-state index is 0.200. The lowest BCUT2D eigenvalue weighted by Crippen LogP contribution is -2.44. The van der Waals surface area contributed by atoms with E-state index in [0.717, 1.165) is 52.1 Å². The minimum absolute atomic E-state index is 0.200. The van der Waals surface area contributed by atoms with E-state index in [1.165, 1.54) is 6.42 Å². The number of nitrogens with zero attached hydrogens (tertiary/aromatic N) is 1. The van der Waals surface area contributed by atoms with E-state index in [-0.39, 0.29) is 5.91 Å². The monoisotopic (exact) mass is 242 g/mol. The average molecular weight is 242 g/mol. The number of carbonyl (C=O) groups excluding carboxylic acids is 1. The number of piperidine rings is 1. The molecule has 0 aromatic heterocycles. The molecule has 0 unspecified atom stereocenters. The Labute approximate surface area is 105 Å². The Morgan fingerprint density at radius 1 is 1.35 bits per heavy atom. The quantitative estimate of drug-likeness (QED) is 0.686. The van der Waals surface area contributed by atoms with E-state index in [4.69, 9.17) is 4.74 Å². The molecule has 1 amide bonds. The Kier molecular flexibility index (Phi) is 7.21. The number of amides is 1. The van der Waals surface area contributed by atoms with E-state index in [9.17, 15) is 4.79 Å². The van der Waals surface area contributed by atoms with Gasteiger partial charge in [0, 0.05) is 39.2 Å².